The molecule has 0 aliphatic carbocycles. The number of fused-ring (bicyclic) bond motifs is 1. The molecule has 116 valence electrons. The van der Waals surface area contributed by atoms with Crippen LogP contribution in [0.15, 0.2) is 60.8 Å². The lowest BCUT2D eigenvalue weighted by Gasteiger charge is -2.11. The summed E-state index contributed by atoms with van der Waals surface area (Å²) in [6.07, 6.45) is 1.58. The average Bonchev–Trinajstić information content (AvgIpc) is 2.60. The zero-order chi connectivity index (χ0) is 16.1. The Morgan fingerprint density at radius 3 is 2.48 bits per heavy atom. The summed E-state index contributed by atoms with van der Waals surface area (Å²) in [5.74, 6) is 0.420. The maximum absolute atomic E-state index is 12.1. The van der Waals surface area contributed by atoms with Gasteiger partial charge in [0, 0.05) is 23.5 Å². The molecule has 0 radical (unpaired) electrons. The first-order valence-electron chi connectivity index (χ1n) is 7.62. The highest BCUT2D eigenvalue weighted by atomic mass is 16.5. The molecule has 1 heterocycles. The van der Waals surface area contributed by atoms with Gasteiger partial charge in [0.05, 0.1) is 12.2 Å². The monoisotopic (exact) mass is 306 g/mol. The van der Waals surface area contributed by atoms with Gasteiger partial charge in [-0.25, -0.2) is 9.78 Å². The Morgan fingerprint density at radius 2 is 1.74 bits per heavy atom. The second-order valence-electron chi connectivity index (χ2n) is 5.13. The van der Waals surface area contributed by atoms with Crippen LogP contribution in [0.25, 0.3) is 10.8 Å². The lowest BCUT2D eigenvalue weighted by molar-refractivity contribution is 0.0528. The number of pyridine rings is 1. The Morgan fingerprint density at radius 1 is 1.04 bits per heavy atom. The zero-order valence-corrected chi connectivity index (χ0v) is 13.0. The number of carbonyl (C=O) groups is 1. The first kappa shape index (κ1) is 15.0. The standard InChI is InChI=1S/C19H18N2O2/c1-2-23-19(22)17-13-21-18(16-11-7-6-10-15(16)17)20-12-14-8-4-3-5-9-14/h3-11,13H,2,12H2,1H3,(H,20,21). The summed E-state index contributed by atoms with van der Waals surface area (Å²) in [5, 5.41) is 5.09. The zero-order valence-electron chi connectivity index (χ0n) is 13.0. The van der Waals surface area contributed by atoms with E-state index in [0.717, 1.165) is 16.6 Å². The number of aromatic nitrogens is 1. The van der Waals surface area contributed by atoms with E-state index in [2.05, 4.69) is 22.4 Å². The molecule has 0 spiro atoms. The van der Waals surface area contributed by atoms with Crippen LogP contribution in [-0.2, 0) is 11.3 Å². The van der Waals surface area contributed by atoms with Crippen LogP contribution in [0.4, 0.5) is 5.82 Å². The molecule has 0 saturated heterocycles. The molecular formula is C19H18N2O2. The van der Waals surface area contributed by atoms with Crippen LogP contribution in [0.5, 0.6) is 0 Å². The normalized spacial score (nSPS) is 10.5. The second-order valence-corrected chi connectivity index (χ2v) is 5.13. The van der Waals surface area contributed by atoms with Crippen LogP contribution in [0.2, 0.25) is 0 Å². The van der Waals surface area contributed by atoms with Crippen LogP contribution in [0.3, 0.4) is 0 Å². The number of hydrogen-bond acceptors (Lipinski definition) is 4. The average molecular weight is 306 g/mol. The second kappa shape index (κ2) is 6.92. The lowest BCUT2D eigenvalue weighted by Crippen LogP contribution is -2.08. The molecule has 4 heteroatoms. The Bertz CT molecular complexity index is 816. The summed E-state index contributed by atoms with van der Waals surface area (Å²) in [6, 6.07) is 17.8. The topological polar surface area (TPSA) is 51.2 Å². The third kappa shape index (κ3) is 3.31. The molecular weight excluding hydrogens is 288 g/mol. The maximum Gasteiger partial charge on any atom is 0.340 e. The van der Waals surface area contributed by atoms with Crippen LogP contribution in [0, 0.1) is 0 Å². The molecule has 0 unspecified atom stereocenters. The lowest BCUT2D eigenvalue weighted by atomic mass is 10.1. The van der Waals surface area contributed by atoms with E-state index in [-0.39, 0.29) is 5.97 Å². The molecule has 23 heavy (non-hydrogen) atoms. The number of ether oxygens (including phenoxy) is 1. The van der Waals surface area contributed by atoms with Crippen molar-refractivity contribution in [3.63, 3.8) is 0 Å². The maximum atomic E-state index is 12.1. The molecule has 0 bridgehead atoms. The Hall–Kier alpha value is -2.88. The molecule has 0 atom stereocenters. The molecule has 3 rings (SSSR count). The van der Waals surface area contributed by atoms with Crippen molar-refractivity contribution in [2.75, 3.05) is 11.9 Å². The predicted molar refractivity (Wildman–Crippen MR) is 91.5 cm³/mol. The molecule has 0 aliphatic rings. The highest BCUT2D eigenvalue weighted by Gasteiger charge is 2.14. The van der Waals surface area contributed by atoms with Crippen molar-refractivity contribution >= 4 is 22.6 Å². The molecule has 4 nitrogen and oxygen atoms in total. The quantitative estimate of drug-likeness (QED) is 0.723. The number of hydrogen-bond donors (Lipinski definition) is 1. The SMILES string of the molecule is CCOC(=O)c1cnc(NCc2ccccc2)c2ccccc12. The molecule has 1 aromatic heterocycles. The van der Waals surface area contributed by atoms with Gasteiger partial charge < -0.3 is 10.1 Å². The van der Waals surface area contributed by atoms with Gasteiger partial charge in [0.15, 0.2) is 0 Å². The van der Waals surface area contributed by atoms with Crippen molar-refractivity contribution in [3.8, 4) is 0 Å². The summed E-state index contributed by atoms with van der Waals surface area (Å²) in [5.41, 5.74) is 1.67. The third-order valence-corrected chi connectivity index (χ3v) is 3.59. The minimum absolute atomic E-state index is 0.342. The van der Waals surface area contributed by atoms with Gasteiger partial charge in [-0.2, -0.15) is 0 Å². The van der Waals surface area contributed by atoms with E-state index in [4.69, 9.17) is 4.74 Å². The number of nitrogens with one attached hydrogen (secondary N) is 1. The van der Waals surface area contributed by atoms with E-state index in [1.165, 1.54) is 5.56 Å². The van der Waals surface area contributed by atoms with Crippen LogP contribution in [0.1, 0.15) is 22.8 Å². The predicted octanol–water partition coefficient (Wildman–Crippen LogP) is 4.02. The van der Waals surface area contributed by atoms with Crippen molar-refractivity contribution in [2.24, 2.45) is 0 Å². The summed E-state index contributed by atoms with van der Waals surface area (Å²) >= 11 is 0. The number of carbonyl (C=O) groups excluding carboxylic acids is 1. The van der Waals surface area contributed by atoms with E-state index in [1.807, 2.05) is 42.5 Å². The van der Waals surface area contributed by atoms with Gasteiger partial charge in [0.2, 0.25) is 0 Å². The van der Waals surface area contributed by atoms with Crippen molar-refractivity contribution in [3.05, 3.63) is 71.9 Å². The third-order valence-electron chi connectivity index (χ3n) is 3.59. The highest BCUT2D eigenvalue weighted by molar-refractivity contribution is 6.07. The fourth-order valence-electron chi connectivity index (χ4n) is 2.49. The van der Waals surface area contributed by atoms with E-state index < -0.39 is 0 Å². The van der Waals surface area contributed by atoms with Gasteiger partial charge in [-0.05, 0) is 12.5 Å². The Kier molecular flexibility index (Phi) is 4.52. The van der Waals surface area contributed by atoms with E-state index in [9.17, 15) is 4.79 Å². The van der Waals surface area contributed by atoms with Gasteiger partial charge in [0.1, 0.15) is 5.82 Å². The van der Waals surface area contributed by atoms with Gasteiger partial charge in [-0.3, -0.25) is 0 Å². The molecule has 0 amide bonds. The number of esters is 1. The number of anilines is 1. The Labute approximate surface area is 135 Å². The van der Waals surface area contributed by atoms with Gasteiger partial charge >= 0.3 is 5.97 Å². The van der Waals surface area contributed by atoms with Crippen LogP contribution < -0.4 is 5.32 Å². The van der Waals surface area contributed by atoms with Crippen molar-refractivity contribution in [1.82, 2.24) is 4.98 Å². The highest BCUT2D eigenvalue weighted by Crippen LogP contribution is 2.25. The van der Waals surface area contributed by atoms with Crippen molar-refractivity contribution in [1.29, 1.82) is 0 Å². The van der Waals surface area contributed by atoms with Crippen LogP contribution in [-0.4, -0.2) is 17.6 Å². The van der Waals surface area contributed by atoms with Crippen LogP contribution >= 0.6 is 0 Å². The van der Waals surface area contributed by atoms with E-state index in [0.29, 0.717) is 18.7 Å². The van der Waals surface area contributed by atoms with E-state index >= 15 is 0 Å². The Balaban J connectivity index is 1.93. The molecule has 3 aromatic rings. The van der Waals surface area contributed by atoms with Gasteiger partial charge in [-0.15, -0.1) is 0 Å². The first-order chi connectivity index (χ1) is 11.3. The number of rotatable bonds is 5. The fraction of sp³-hybridized carbons (Fsp3) is 0.158. The summed E-state index contributed by atoms with van der Waals surface area (Å²) in [7, 11) is 0. The smallest absolute Gasteiger partial charge is 0.340 e. The fourth-order valence-corrected chi connectivity index (χ4v) is 2.49. The molecule has 0 aliphatic heterocycles. The summed E-state index contributed by atoms with van der Waals surface area (Å²) < 4.78 is 5.11. The van der Waals surface area contributed by atoms with Gasteiger partial charge in [0.25, 0.3) is 0 Å². The number of nitrogens with zero attached hydrogens (tertiary/aromatic N) is 1. The van der Waals surface area contributed by atoms with Crippen molar-refractivity contribution < 1.29 is 9.53 Å². The summed E-state index contributed by atoms with van der Waals surface area (Å²) in [4.78, 5) is 16.5. The van der Waals surface area contributed by atoms with E-state index in [1.54, 1.807) is 13.1 Å². The minimum Gasteiger partial charge on any atom is -0.462 e. The summed E-state index contributed by atoms with van der Waals surface area (Å²) in [6.45, 7) is 2.82. The molecule has 2 aromatic carbocycles. The largest absolute Gasteiger partial charge is 0.462 e. The molecule has 1 N–H and O–H groups in total. The van der Waals surface area contributed by atoms with Crippen molar-refractivity contribution in [2.45, 2.75) is 13.5 Å². The van der Waals surface area contributed by atoms with Gasteiger partial charge in [-0.1, -0.05) is 54.6 Å². The minimum atomic E-state index is -0.342. The molecule has 0 saturated carbocycles. The first-order valence-corrected chi connectivity index (χ1v) is 7.62. The number of benzene rings is 2. The molecule has 0 fully saturated rings.